The summed E-state index contributed by atoms with van der Waals surface area (Å²) in [5.41, 5.74) is 3.38. The molecule has 0 amide bonds. The van der Waals surface area contributed by atoms with Crippen LogP contribution in [-0.4, -0.2) is 54.5 Å². The molecule has 2 aromatic heterocycles. The first-order valence-corrected chi connectivity index (χ1v) is 15.2. The van der Waals surface area contributed by atoms with Gasteiger partial charge in [0.15, 0.2) is 11.7 Å². The maximum absolute atomic E-state index is 15.0. The van der Waals surface area contributed by atoms with Crippen LogP contribution >= 0.6 is 0 Å². The summed E-state index contributed by atoms with van der Waals surface area (Å²) in [6.07, 6.45) is 4.29. The highest BCUT2D eigenvalue weighted by Gasteiger charge is 2.28. The van der Waals surface area contributed by atoms with Gasteiger partial charge < -0.3 is 9.32 Å². The lowest BCUT2D eigenvalue weighted by molar-refractivity contribution is 0.210. The lowest BCUT2D eigenvalue weighted by Gasteiger charge is -2.30. The number of oxazole rings is 1. The maximum atomic E-state index is 15.0. The van der Waals surface area contributed by atoms with Crippen molar-refractivity contribution < 1.29 is 21.6 Å². The van der Waals surface area contributed by atoms with Gasteiger partial charge in [-0.3, -0.25) is 9.36 Å². The molecule has 0 bridgehead atoms. The molecule has 1 saturated heterocycles. The van der Waals surface area contributed by atoms with E-state index < -0.39 is 21.5 Å². The second kappa shape index (κ2) is 11.1. The van der Waals surface area contributed by atoms with Crippen molar-refractivity contribution in [3.05, 3.63) is 93.7 Å². The predicted molar refractivity (Wildman–Crippen MR) is 150 cm³/mol. The number of hydrogen-bond donors (Lipinski definition) is 0. The van der Waals surface area contributed by atoms with Gasteiger partial charge in [-0.25, -0.2) is 22.2 Å². The summed E-state index contributed by atoms with van der Waals surface area (Å²) in [6, 6.07) is 12.2. The van der Waals surface area contributed by atoms with Crippen LogP contribution in [0.4, 0.5) is 8.78 Å². The van der Waals surface area contributed by atoms with Gasteiger partial charge in [-0.1, -0.05) is 18.2 Å². The first kappa shape index (κ1) is 27.9. The van der Waals surface area contributed by atoms with E-state index in [-0.39, 0.29) is 28.6 Å². The van der Waals surface area contributed by atoms with Crippen molar-refractivity contribution in [3.63, 3.8) is 0 Å². The highest BCUT2D eigenvalue weighted by Crippen LogP contribution is 2.38. The number of sulfone groups is 1. The maximum Gasteiger partial charge on any atom is 0.255 e. The number of benzene rings is 2. The summed E-state index contributed by atoms with van der Waals surface area (Å²) >= 11 is 0. The lowest BCUT2D eigenvalue weighted by Crippen LogP contribution is -2.36. The Kier molecular flexibility index (Phi) is 7.74. The molecule has 10 heteroatoms. The molecular weight excluding hydrogens is 536 g/mol. The third-order valence-corrected chi connectivity index (χ3v) is 8.32. The number of nitrogens with zero attached hydrogens (tertiary/aromatic N) is 3. The molecule has 1 fully saturated rings. The molecule has 0 radical (unpaired) electrons. The number of likely N-dealkylation sites (tertiary alicyclic amines) is 1. The van der Waals surface area contributed by atoms with E-state index in [1.54, 1.807) is 16.8 Å². The van der Waals surface area contributed by atoms with Crippen molar-refractivity contribution >= 4 is 9.84 Å². The van der Waals surface area contributed by atoms with Crippen LogP contribution < -0.4 is 5.56 Å². The molecule has 0 N–H and O–H groups in total. The largest absolute Gasteiger partial charge is 0.440 e. The Morgan fingerprint density at radius 1 is 1.02 bits per heavy atom. The van der Waals surface area contributed by atoms with Crippen LogP contribution in [-0.2, 0) is 9.84 Å². The highest BCUT2D eigenvalue weighted by atomic mass is 32.2. The minimum Gasteiger partial charge on any atom is -0.440 e. The van der Waals surface area contributed by atoms with Crippen molar-refractivity contribution in [2.45, 2.75) is 32.6 Å². The van der Waals surface area contributed by atoms with Crippen molar-refractivity contribution in [1.82, 2.24) is 14.5 Å². The average molecular weight is 568 g/mol. The van der Waals surface area contributed by atoms with Gasteiger partial charge in [-0.15, -0.1) is 0 Å². The molecule has 0 saturated carbocycles. The standard InChI is InChI=1S/C30H31F2N3O4S/c1-19-5-4-6-20(2)28(19)35-18-22(7-10-26(35)36)27-29(24-9-8-23(31)17-25(24)32)39-30(33-27)21-11-13-34(14-12-21)15-16-40(3,37)38/h4-10,17-18,21H,11-16H2,1-3H3. The van der Waals surface area contributed by atoms with Gasteiger partial charge in [-0.05, 0) is 69.1 Å². The zero-order chi connectivity index (χ0) is 28.6. The first-order chi connectivity index (χ1) is 19.0. The van der Waals surface area contributed by atoms with E-state index >= 15 is 0 Å². The average Bonchev–Trinajstić information content (AvgIpc) is 3.33. The van der Waals surface area contributed by atoms with E-state index in [1.807, 2.05) is 32.0 Å². The Labute approximate surface area is 232 Å². The van der Waals surface area contributed by atoms with Crippen LogP contribution in [0.25, 0.3) is 28.3 Å². The van der Waals surface area contributed by atoms with E-state index in [0.717, 1.165) is 22.9 Å². The molecule has 0 atom stereocenters. The molecule has 210 valence electrons. The van der Waals surface area contributed by atoms with Crippen LogP contribution in [0.15, 0.2) is 63.9 Å². The normalized spacial score (nSPS) is 15.0. The molecule has 4 aromatic rings. The summed E-state index contributed by atoms with van der Waals surface area (Å²) in [5.74, 6) is -0.838. The molecule has 0 spiro atoms. The second-order valence-electron chi connectivity index (χ2n) is 10.5. The first-order valence-electron chi connectivity index (χ1n) is 13.2. The van der Waals surface area contributed by atoms with Crippen LogP contribution in [0, 0.1) is 25.5 Å². The Morgan fingerprint density at radius 3 is 2.38 bits per heavy atom. The third kappa shape index (κ3) is 5.93. The molecule has 2 aromatic carbocycles. The Bertz CT molecular complexity index is 1700. The van der Waals surface area contributed by atoms with Crippen molar-refractivity contribution in [2.24, 2.45) is 0 Å². The van der Waals surface area contributed by atoms with Crippen LogP contribution in [0.1, 0.15) is 35.8 Å². The molecule has 3 heterocycles. The Balaban J connectivity index is 1.55. The Hall–Kier alpha value is -3.63. The number of hydrogen-bond acceptors (Lipinski definition) is 6. The Morgan fingerprint density at radius 2 is 1.73 bits per heavy atom. The molecular formula is C30H31F2N3O4S. The van der Waals surface area contributed by atoms with Crippen LogP contribution in [0.3, 0.4) is 0 Å². The van der Waals surface area contributed by atoms with Crippen molar-refractivity contribution in [3.8, 4) is 28.3 Å². The van der Waals surface area contributed by atoms with Gasteiger partial charge in [0, 0.05) is 42.6 Å². The number of piperidine rings is 1. The van der Waals surface area contributed by atoms with E-state index in [9.17, 15) is 22.0 Å². The smallest absolute Gasteiger partial charge is 0.255 e. The van der Waals surface area contributed by atoms with Gasteiger partial charge in [0.25, 0.3) is 5.56 Å². The zero-order valence-corrected chi connectivity index (χ0v) is 23.5. The number of pyridine rings is 1. The molecule has 0 unspecified atom stereocenters. The van der Waals surface area contributed by atoms with Crippen LogP contribution in [0.5, 0.6) is 0 Å². The van der Waals surface area contributed by atoms with E-state index in [1.165, 1.54) is 24.5 Å². The van der Waals surface area contributed by atoms with E-state index in [2.05, 4.69) is 4.90 Å². The third-order valence-electron chi connectivity index (χ3n) is 7.40. The fourth-order valence-electron chi connectivity index (χ4n) is 5.25. The fourth-order valence-corrected chi connectivity index (χ4v) is 5.84. The summed E-state index contributed by atoms with van der Waals surface area (Å²) in [7, 11) is -3.05. The number of rotatable bonds is 7. The van der Waals surface area contributed by atoms with Gasteiger partial charge in [0.05, 0.1) is 17.0 Å². The fraction of sp³-hybridized carbons (Fsp3) is 0.333. The van der Waals surface area contributed by atoms with Gasteiger partial charge >= 0.3 is 0 Å². The number of para-hydroxylation sites is 1. The minimum atomic E-state index is -3.05. The number of aromatic nitrogens is 2. The van der Waals surface area contributed by atoms with Crippen molar-refractivity contribution in [1.29, 1.82) is 0 Å². The van der Waals surface area contributed by atoms with Gasteiger partial charge in [-0.2, -0.15) is 0 Å². The zero-order valence-electron chi connectivity index (χ0n) is 22.7. The molecule has 40 heavy (non-hydrogen) atoms. The number of aryl methyl sites for hydroxylation is 2. The van der Waals surface area contributed by atoms with Gasteiger partial charge in [0.2, 0.25) is 0 Å². The monoisotopic (exact) mass is 567 g/mol. The van der Waals surface area contributed by atoms with Crippen LogP contribution in [0.2, 0.25) is 0 Å². The minimum absolute atomic E-state index is 0.0602. The predicted octanol–water partition coefficient (Wildman–Crippen LogP) is 5.28. The lowest BCUT2D eigenvalue weighted by atomic mass is 9.97. The molecule has 0 aliphatic carbocycles. The highest BCUT2D eigenvalue weighted by molar-refractivity contribution is 7.90. The second-order valence-corrected chi connectivity index (χ2v) is 12.7. The number of halogens is 2. The summed E-state index contributed by atoms with van der Waals surface area (Å²) in [4.78, 5) is 19.8. The van der Waals surface area contributed by atoms with E-state index in [0.29, 0.717) is 49.6 Å². The summed E-state index contributed by atoms with van der Waals surface area (Å²) in [5, 5.41) is 0. The molecule has 1 aliphatic rings. The molecule has 7 nitrogen and oxygen atoms in total. The SMILES string of the molecule is Cc1cccc(C)c1-n1cc(-c2nc(C3CCN(CCS(C)(=O)=O)CC3)oc2-c2ccc(F)cc2F)ccc1=O. The topological polar surface area (TPSA) is 85.4 Å². The quantitative estimate of drug-likeness (QED) is 0.302. The molecule has 5 rings (SSSR count). The summed E-state index contributed by atoms with van der Waals surface area (Å²) < 4.78 is 59.6. The van der Waals surface area contributed by atoms with Crippen molar-refractivity contribution in [2.75, 3.05) is 31.6 Å². The molecule has 1 aliphatic heterocycles. The van der Waals surface area contributed by atoms with Gasteiger partial charge in [0.1, 0.15) is 27.2 Å². The van der Waals surface area contributed by atoms with E-state index in [4.69, 9.17) is 9.40 Å². The summed E-state index contributed by atoms with van der Waals surface area (Å²) in [6.45, 7) is 5.67.